The normalized spacial score (nSPS) is 14.7. The molecule has 37 heavy (non-hydrogen) atoms. The molecule has 0 fully saturated rings. The highest BCUT2D eigenvalue weighted by molar-refractivity contribution is 5.91. The van der Waals surface area contributed by atoms with Crippen molar-refractivity contribution in [3.05, 3.63) is 66.5 Å². The quantitative estimate of drug-likeness (QED) is 0.229. The maximum absolute atomic E-state index is 13.4. The van der Waals surface area contributed by atoms with Gasteiger partial charge in [-0.15, -0.1) is 0 Å². The first-order chi connectivity index (χ1) is 18.0. The third-order valence-electron chi connectivity index (χ3n) is 6.06. The Morgan fingerprint density at radius 3 is 2.59 bits per heavy atom. The predicted molar refractivity (Wildman–Crippen MR) is 141 cm³/mol. The van der Waals surface area contributed by atoms with Crippen LogP contribution in [0.25, 0.3) is 16.8 Å². The number of allylic oxidation sites excluding steroid dienone is 3. The third kappa shape index (κ3) is 6.21. The van der Waals surface area contributed by atoms with Crippen molar-refractivity contribution in [1.29, 1.82) is 0 Å². The molecule has 10 heteroatoms. The Labute approximate surface area is 216 Å². The van der Waals surface area contributed by atoms with Gasteiger partial charge in [-0.1, -0.05) is 50.4 Å². The van der Waals surface area contributed by atoms with E-state index in [1.54, 1.807) is 17.1 Å². The first-order valence-corrected chi connectivity index (χ1v) is 12.3. The number of carbonyl (C=O) groups is 3. The number of fused-ring (bicyclic) bond motifs is 3. The molecule has 2 aromatic rings. The lowest BCUT2D eigenvalue weighted by Crippen LogP contribution is -2.39. The fourth-order valence-electron chi connectivity index (χ4n) is 4.34. The number of nitrogen functional groups attached to an aromatic ring is 1. The second kappa shape index (κ2) is 13.3. The fourth-order valence-corrected chi connectivity index (χ4v) is 4.34. The number of nitrogens with one attached hydrogen (secondary N) is 1. The molecule has 0 saturated heterocycles. The average Bonchev–Trinajstić information content (AvgIpc) is 2.89. The van der Waals surface area contributed by atoms with Crippen molar-refractivity contribution in [2.24, 2.45) is 0 Å². The molecule has 1 aliphatic rings. The lowest BCUT2D eigenvalue weighted by atomic mass is 9.94. The van der Waals surface area contributed by atoms with Crippen LogP contribution in [0.15, 0.2) is 55.3 Å². The van der Waals surface area contributed by atoms with Gasteiger partial charge < -0.3 is 25.5 Å². The average molecular weight is 510 g/mol. The molecule has 1 aromatic heterocycles. The van der Waals surface area contributed by atoms with Crippen molar-refractivity contribution in [2.75, 3.05) is 32.2 Å². The Kier molecular flexibility index (Phi) is 9.91. The van der Waals surface area contributed by atoms with Gasteiger partial charge in [0.05, 0.1) is 31.1 Å². The number of benzene rings is 1. The number of rotatable bonds is 14. The summed E-state index contributed by atoms with van der Waals surface area (Å²) in [4.78, 5) is 39.2. The lowest BCUT2D eigenvalue weighted by molar-refractivity contribution is -0.130. The molecule has 2 amide bonds. The Morgan fingerprint density at radius 2 is 1.89 bits per heavy atom. The van der Waals surface area contributed by atoms with E-state index in [0.717, 1.165) is 23.2 Å². The SMILES string of the molecule is C=C/C1=C(\C=C)N(C(=O)CCNC(=O)CCOCCC)Cc2ccccc2-c2c1n(N)n2CCOC=O. The Hall–Kier alpha value is -4.05. The summed E-state index contributed by atoms with van der Waals surface area (Å²) < 4.78 is 12.0. The minimum Gasteiger partial charge on any atom is -0.466 e. The molecule has 10 nitrogen and oxygen atoms in total. The lowest BCUT2D eigenvalue weighted by Gasteiger charge is -2.36. The highest BCUT2D eigenvalue weighted by Gasteiger charge is 2.31. The highest BCUT2D eigenvalue weighted by atomic mass is 16.5. The van der Waals surface area contributed by atoms with Gasteiger partial charge >= 0.3 is 0 Å². The zero-order valence-corrected chi connectivity index (χ0v) is 21.3. The number of hydrogen-bond donors (Lipinski definition) is 2. The van der Waals surface area contributed by atoms with Gasteiger partial charge in [0.15, 0.2) is 0 Å². The maximum Gasteiger partial charge on any atom is 0.293 e. The molecule has 0 spiro atoms. The van der Waals surface area contributed by atoms with Gasteiger partial charge in [0.25, 0.3) is 6.47 Å². The van der Waals surface area contributed by atoms with E-state index in [9.17, 15) is 14.4 Å². The monoisotopic (exact) mass is 509 g/mol. The number of carbonyl (C=O) groups excluding carboxylic acids is 3. The van der Waals surface area contributed by atoms with Crippen LogP contribution in [0, 0.1) is 0 Å². The van der Waals surface area contributed by atoms with Crippen molar-refractivity contribution < 1.29 is 23.9 Å². The highest BCUT2D eigenvalue weighted by Crippen LogP contribution is 2.39. The van der Waals surface area contributed by atoms with E-state index < -0.39 is 0 Å². The number of aromatic nitrogens is 2. The first kappa shape index (κ1) is 27.5. The molecule has 0 aliphatic carbocycles. The Morgan fingerprint density at radius 1 is 1.11 bits per heavy atom. The molecule has 0 saturated carbocycles. The number of amides is 2. The zero-order chi connectivity index (χ0) is 26.8. The first-order valence-electron chi connectivity index (χ1n) is 12.3. The molecule has 0 radical (unpaired) electrons. The maximum atomic E-state index is 13.4. The summed E-state index contributed by atoms with van der Waals surface area (Å²) in [5, 5.41) is 2.79. The van der Waals surface area contributed by atoms with Gasteiger partial charge in [0, 0.05) is 37.1 Å². The minimum atomic E-state index is -0.172. The number of nitrogens with two attached hydrogens (primary N) is 1. The molecule has 0 bridgehead atoms. The van der Waals surface area contributed by atoms with Gasteiger partial charge in [0.2, 0.25) is 11.8 Å². The van der Waals surface area contributed by atoms with E-state index >= 15 is 0 Å². The second-order valence-electron chi connectivity index (χ2n) is 8.44. The van der Waals surface area contributed by atoms with Crippen LogP contribution >= 0.6 is 0 Å². The summed E-state index contributed by atoms with van der Waals surface area (Å²) in [6.45, 7) is 12.3. The van der Waals surface area contributed by atoms with Crippen molar-refractivity contribution >= 4 is 23.9 Å². The van der Waals surface area contributed by atoms with Gasteiger partial charge in [-0.2, -0.15) is 4.79 Å². The van der Waals surface area contributed by atoms with Crippen LogP contribution in [0.4, 0.5) is 0 Å². The molecule has 3 N–H and O–H groups in total. The third-order valence-corrected chi connectivity index (χ3v) is 6.06. The Balaban J connectivity index is 1.88. The van der Waals surface area contributed by atoms with Crippen LogP contribution in [0.2, 0.25) is 0 Å². The molecule has 0 unspecified atom stereocenters. The van der Waals surface area contributed by atoms with Crippen molar-refractivity contribution in [3.8, 4) is 11.3 Å². The fraction of sp³-hybridized carbons (Fsp3) is 0.370. The molecule has 1 aromatic carbocycles. The largest absolute Gasteiger partial charge is 0.466 e. The van der Waals surface area contributed by atoms with E-state index in [1.807, 2.05) is 35.9 Å². The van der Waals surface area contributed by atoms with Gasteiger partial charge in [-0.25, -0.2) is 0 Å². The van der Waals surface area contributed by atoms with Crippen LogP contribution in [-0.4, -0.2) is 59.0 Å². The summed E-state index contributed by atoms with van der Waals surface area (Å²) in [5.41, 5.74) is 4.58. The van der Waals surface area contributed by atoms with E-state index in [2.05, 4.69) is 18.5 Å². The molecular weight excluding hydrogens is 474 g/mol. The molecule has 2 heterocycles. The number of ether oxygens (including phenoxy) is 2. The topological polar surface area (TPSA) is 121 Å². The standard InChI is InChI=1S/C27H35N5O5/c1-4-15-36-16-12-24(34)29-13-11-25(35)30-18-20-9-7-8-10-22(20)26-27(21(5-2)23(30)6-3)32(28)31(26)14-17-37-19-33/h5-10,19H,2-4,11-18,28H2,1H3,(H,29,34)/b23-21-. The molecule has 1 aliphatic heterocycles. The summed E-state index contributed by atoms with van der Waals surface area (Å²) in [7, 11) is 0. The molecule has 3 rings (SSSR count). The van der Waals surface area contributed by atoms with Crippen molar-refractivity contribution in [3.63, 3.8) is 0 Å². The van der Waals surface area contributed by atoms with Crippen molar-refractivity contribution in [1.82, 2.24) is 19.7 Å². The molecule has 198 valence electrons. The molecule has 0 atom stereocenters. The van der Waals surface area contributed by atoms with Crippen LogP contribution in [0.1, 0.15) is 37.4 Å². The van der Waals surface area contributed by atoms with Crippen LogP contribution in [0.3, 0.4) is 0 Å². The number of hydrogen-bond acceptors (Lipinski definition) is 6. The van der Waals surface area contributed by atoms with E-state index in [-0.39, 0.29) is 37.8 Å². The van der Waals surface area contributed by atoms with Gasteiger partial charge in [-0.05, 0) is 18.1 Å². The van der Waals surface area contributed by atoms with Crippen LogP contribution < -0.4 is 11.2 Å². The summed E-state index contributed by atoms with van der Waals surface area (Å²) in [6, 6.07) is 7.75. The zero-order valence-electron chi connectivity index (χ0n) is 21.3. The van der Waals surface area contributed by atoms with E-state index in [4.69, 9.17) is 15.3 Å². The van der Waals surface area contributed by atoms with Crippen LogP contribution in [-0.2, 0) is 36.9 Å². The van der Waals surface area contributed by atoms with Gasteiger partial charge in [0.1, 0.15) is 12.3 Å². The predicted octanol–water partition coefficient (Wildman–Crippen LogP) is 2.59. The summed E-state index contributed by atoms with van der Waals surface area (Å²) in [6.07, 6.45) is 4.52. The van der Waals surface area contributed by atoms with E-state index in [1.165, 1.54) is 4.79 Å². The van der Waals surface area contributed by atoms with Crippen molar-refractivity contribution in [2.45, 2.75) is 39.3 Å². The number of nitrogens with zero attached hydrogens (tertiary/aromatic N) is 3. The van der Waals surface area contributed by atoms with Crippen LogP contribution in [0.5, 0.6) is 0 Å². The van der Waals surface area contributed by atoms with E-state index in [0.29, 0.717) is 49.7 Å². The minimum absolute atomic E-state index is 0.110. The smallest absolute Gasteiger partial charge is 0.293 e. The second-order valence-corrected chi connectivity index (χ2v) is 8.44. The van der Waals surface area contributed by atoms with Gasteiger partial charge in [-0.3, -0.25) is 19.1 Å². The summed E-state index contributed by atoms with van der Waals surface area (Å²) >= 11 is 0. The summed E-state index contributed by atoms with van der Waals surface area (Å²) in [5.74, 6) is 6.07. The molecular formula is C27H35N5O5. The Bertz CT molecular complexity index is 1180.